The van der Waals surface area contributed by atoms with Gasteiger partial charge in [0.15, 0.2) is 6.61 Å². The Labute approximate surface area is 142 Å². The summed E-state index contributed by atoms with van der Waals surface area (Å²) < 4.78 is 18.1. The molecule has 1 fully saturated rings. The fourth-order valence-corrected chi connectivity index (χ4v) is 2.71. The molecular formula is C18H25FN2O3. The van der Waals surface area contributed by atoms with Crippen LogP contribution in [0.5, 0.6) is 5.75 Å². The van der Waals surface area contributed by atoms with Crippen LogP contribution in [0.3, 0.4) is 0 Å². The fraction of sp³-hybridized carbons (Fsp3) is 0.556. The van der Waals surface area contributed by atoms with Gasteiger partial charge in [0.1, 0.15) is 11.6 Å². The van der Waals surface area contributed by atoms with E-state index in [1.807, 2.05) is 4.90 Å². The number of amides is 2. The first-order chi connectivity index (χ1) is 11.6. The van der Waals surface area contributed by atoms with Crippen molar-refractivity contribution in [2.75, 3.05) is 19.7 Å². The number of hydrogen-bond acceptors (Lipinski definition) is 3. The van der Waals surface area contributed by atoms with Gasteiger partial charge in [-0.05, 0) is 43.5 Å². The van der Waals surface area contributed by atoms with Crippen molar-refractivity contribution in [1.82, 2.24) is 10.2 Å². The van der Waals surface area contributed by atoms with E-state index >= 15 is 0 Å². The smallest absolute Gasteiger partial charge is 0.258 e. The summed E-state index contributed by atoms with van der Waals surface area (Å²) in [5.41, 5.74) is 0. The van der Waals surface area contributed by atoms with E-state index in [9.17, 15) is 14.0 Å². The summed E-state index contributed by atoms with van der Waals surface area (Å²) in [6.45, 7) is 3.35. The van der Waals surface area contributed by atoms with Gasteiger partial charge in [-0.15, -0.1) is 0 Å². The Morgan fingerprint density at radius 3 is 2.54 bits per heavy atom. The zero-order valence-electron chi connectivity index (χ0n) is 14.1. The molecule has 6 heteroatoms. The van der Waals surface area contributed by atoms with E-state index in [0.717, 1.165) is 25.7 Å². The van der Waals surface area contributed by atoms with Gasteiger partial charge >= 0.3 is 0 Å². The van der Waals surface area contributed by atoms with Gasteiger partial charge in [0.2, 0.25) is 5.91 Å². The van der Waals surface area contributed by atoms with Crippen LogP contribution in [0.15, 0.2) is 24.3 Å². The zero-order chi connectivity index (χ0) is 17.4. The first kappa shape index (κ1) is 18.2. The number of carbonyl (C=O) groups is 2. The van der Waals surface area contributed by atoms with E-state index in [2.05, 4.69) is 12.2 Å². The molecule has 2 rings (SSSR count). The summed E-state index contributed by atoms with van der Waals surface area (Å²) >= 11 is 0. The molecule has 0 aromatic heterocycles. The third kappa shape index (κ3) is 5.83. The highest BCUT2D eigenvalue weighted by Gasteiger charge is 2.23. The average Bonchev–Trinajstić information content (AvgIpc) is 2.60. The molecule has 1 aromatic rings. The van der Waals surface area contributed by atoms with Crippen molar-refractivity contribution in [3.63, 3.8) is 0 Å². The Balaban J connectivity index is 1.66. The van der Waals surface area contributed by atoms with Crippen molar-refractivity contribution in [1.29, 1.82) is 0 Å². The Hall–Kier alpha value is -2.11. The highest BCUT2D eigenvalue weighted by atomic mass is 19.1. The van der Waals surface area contributed by atoms with Crippen molar-refractivity contribution in [2.45, 2.75) is 45.1 Å². The highest BCUT2D eigenvalue weighted by Crippen LogP contribution is 2.13. The number of piperidine rings is 1. The number of rotatable bonds is 7. The molecule has 0 radical (unpaired) electrons. The van der Waals surface area contributed by atoms with Gasteiger partial charge in [-0.25, -0.2) is 4.39 Å². The molecule has 0 unspecified atom stereocenters. The molecule has 1 aliphatic heterocycles. The summed E-state index contributed by atoms with van der Waals surface area (Å²) in [4.78, 5) is 25.8. The number of halogens is 1. The van der Waals surface area contributed by atoms with E-state index in [4.69, 9.17) is 4.74 Å². The van der Waals surface area contributed by atoms with Crippen LogP contribution < -0.4 is 10.1 Å². The Kier molecular flexibility index (Phi) is 7.03. The summed E-state index contributed by atoms with van der Waals surface area (Å²) in [6, 6.07) is 5.63. The molecule has 24 heavy (non-hydrogen) atoms. The van der Waals surface area contributed by atoms with Crippen molar-refractivity contribution >= 4 is 11.8 Å². The van der Waals surface area contributed by atoms with Gasteiger partial charge in [-0.1, -0.05) is 13.3 Å². The maximum Gasteiger partial charge on any atom is 0.258 e. The van der Waals surface area contributed by atoms with Crippen molar-refractivity contribution in [3.05, 3.63) is 30.1 Å². The van der Waals surface area contributed by atoms with Crippen LogP contribution in [0.1, 0.15) is 39.0 Å². The maximum absolute atomic E-state index is 12.8. The van der Waals surface area contributed by atoms with Crippen molar-refractivity contribution in [3.8, 4) is 5.75 Å². The Morgan fingerprint density at radius 2 is 1.92 bits per heavy atom. The second-order valence-corrected chi connectivity index (χ2v) is 6.07. The lowest BCUT2D eigenvalue weighted by atomic mass is 10.0. The second kappa shape index (κ2) is 9.25. The summed E-state index contributed by atoms with van der Waals surface area (Å²) in [6.07, 6.45) is 4.09. The first-order valence-corrected chi connectivity index (χ1v) is 8.54. The zero-order valence-corrected chi connectivity index (χ0v) is 14.1. The van der Waals surface area contributed by atoms with E-state index in [1.165, 1.54) is 24.3 Å². The maximum atomic E-state index is 12.8. The van der Waals surface area contributed by atoms with Crippen LogP contribution in [0, 0.1) is 5.82 Å². The molecular weight excluding hydrogens is 311 g/mol. The van der Waals surface area contributed by atoms with Gasteiger partial charge in [0.25, 0.3) is 5.91 Å². The SMILES string of the molecule is CCCCC(=O)N1CCC(NC(=O)COc2ccc(F)cc2)CC1. The van der Waals surface area contributed by atoms with Crippen LogP contribution in [-0.2, 0) is 9.59 Å². The monoisotopic (exact) mass is 336 g/mol. The fourth-order valence-electron chi connectivity index (χ4n) is 2.71. The molecule has 1 aromatic carbocycles. The number of nitrogens with one attached hydrogen (secondary N) is 1. The van der Waals surface area contributed by atoms with E-state index in [0.29, 0.717) is 25.3 Å². The van der Waals surface area contributed by atoms with Gasteiger partial charge in [-0.3, -0.25) is 9.59 Å². The predicted molar refractivity (Wildman–Crippen MR) is 89.2 cm³/mol. The lowest BCUT2D eigenvalue weighted by Crippen LogP contribution is -2.47. The molecule has 132 valence electrons. The molecule has 1 heterocycles. The minimum absolute atomic E-state index is 0.0737. The molecule has 0 saturated carbocycles. The van der Waals surface area contributed by atoms with Gasteiger partial charge in [0.05, 0.1) is 0 Å². The summed E-state index contributed by atoms with van der Waals surface area (Å²) in [5, 5.41) is 2.93. The van der Waals surface area contributed by atoms with Gasteiger partial charge < -0.3 is 15.0 Å². The highest BCUT2D eigenvalue weighted by molar-refractivity contribution is 5.78. The first-order valence-electron chi connectivity index (χ1n) is 8.54. The molecule has 0 spiro atoms. The van der Waals surface area contributed by atoms with Gasteiger partial charge in [-0.2, -0.15) is 0 Å². The lowest BCUT2D eigenvalue weighted by molar-refractivity contribution is -0.132. The third-order valence-corrected chi connectivity index (χ3v) is 4.14. The standard InChI is InChI=1S/C18H25FN2O3/c1-2-3-4-18(23)21-11-9-15(10-12-21)20-17(22)13-24-16-7-5-14(19)6-8-16/h5-8,15H,2-4,9-13H2,1H3,(H,20,22). The number of nitrogens with zero attached hydrogens (tertiary/aromatic N) is 1. The third-order valence-electron chi connectivity index (χ3n) is 4.14. The van der Waals surface area contributed by atoms with Crippen LogP contribution in [0.25, 0.3) is 0 Å². The Bertz CT molecular complexity index is 540. The largest absolute Gasteiger partial charge is 0.484 e. The minimum Gasteiger partial charge on any atom is -0.484 e. The molecule has 2 amide bonds. The lowest BCUT2D eigenvalue weighted by Gasteiger charge is -2.32. The molecule has 0 atom stereocenters. The summed E-state index contributed by atoms with van der Waals surface area (Å²) in [5.74, 6) is 0.131. The second-order valence-electron chi connectivity index (χ2n) is 6.07. The van der Waals surface area contributed by atoms with Crippen LogP contribution >= 0.6 is 0 Å². The van der Waals surface area contributed by atoms with Crippen molar-refractivity contribution < 1.29 is 18.7 Å². The Morgan fingerprint density at radius 1 is 1.25 bits per heavy atom. The molecule has 0 aliphatic carbocycles. The van der Waals surface area contributed by atoms with Gasteiger partial charge in [0, 0.05) is 25.6 Å². The minimum atomic E-state index is -0.341. The molecule has 5 nitrogen and oxygen atoms in total. The molecule has 1 saturated heterocycles. The number of benzene rings is 1. The van der Waals surface area contributed by atoms with Crippen molar-refractivity contribution in [2.24, 2.45) is 0 Å². The predicted octanol–water partition coefficient (Wildman–Crippen LogP) is 2.50. The average molecular weight is 336 g/mol. The number of unbranched alkanes of at least 4 members (excludes halogenated alkanes) is 1. The summed E-state index contributed by atoms with van der Waals surface area (Å²) in [7, 11) is 0. The van der Waals surface area contributed by atoms with E-state index < -0.39 is 0 Å². The molecule has 0 bridgehead atoms. The number of ether oxygens (including phenoxy) is 1. The molecule has 1 N–H and O–H groups in total. The number of likely N-dealkylation sites (tertiary alicyclic amines) is 1. The quantitative estimate of drug-likeness (QED) is 0.832. The van der Waals surface area contributed by atoms with Crippen LogP contribution in [0.4, 0.5) is 4.39 Å². The van der Waals surface area contributed by atoms with E-state index in [1.54, 1.807) is 0 Å². The van der Waals surface area contributed by atoms with Crippen LogP contribution in [0.2, 0.25) is 0 Å². The van der Waals surface area contributed by atoms with Crippen LogP contribution in [-0.4, -0.2) is 42.5 Å². The normalized spacial score (nSPS) is 15.2. The van der Waals surface area contributed by atoms with E-state index in [-0.39, 0.29) is 30.3 Å². The number of hydrogen-bond donors (Lipinski definition) is 1. The topological polar surface area (TPSA) is 58.6 Å². The number of carbonyl (C=O) groups excluding carboxylic acids is 2. The molecule has 1 aliphatic rings.